The zero-order valence-corrected chi connectivity index (χ0v) is 49.4. The lowest BCUT2D eigenvalue weighted by molar-refractivity contribution is -0.152. The zero-order valence-electron chi connectivity index (χ0n) is 49.4. The van der Waals surface area contributed by atoms with E-state index in [9.17, 15) is 24.0 Å². The number of carbonyl (C=O) groups excluding carboxylic acids is 7. The van der Waals surface area contributed by atoms with Crippen molar-refractivity contribution < 1.29 is 33.6 Å². The van der Waals surface area contributed by atoms with Crippen LogP contribution in [0, 0.1) is 22.7 Å². The highest BCUT2D eigenvalue weighted by Crippen LogP contribution is 2.37. The van der Waals surface area contributed by atoms with Crippen LogP contribution in [0.3, 0.4) is 0 Å². The Labute approximate surface area is 479 Å². The van der Waals surface area contributed by atoms with Crippen molar-refractivity contribution in [1.29, 1.82) is 0 Å². The van der Waals surface area contributed by atoms with Crippen molar-refractivity contribution in [3.05, 3.63) is 154 Å². The number of amides is 6. The number of hydrogen-bond acceptors (Lipinski definition) is 8. The monoisotopic (exact) mass is 1100 g/mol. The molecule has 9 atom stereocenters. The van der Waals surface area contributed by atoms with Gasteiger partial charge in [0.05, 0.1) is 18.1 Å². The molecule has 8 rings (SSSR count). The standard InChI is InChI=1S/C67H85N7O7/c1-12-41(2)60(76)71-59(67(8,9)10)65(81)73-39-51-24-16-15-23-50(51)35-57(73)64(80)72(43(4)48-33-32-45-20-13-14-22-49(45)34-48)38-44-28-30-47(31-29-44)61(77)69-52-36-56(62(78)70-55-27-19-25-46-21-17-18-26-53(46)55)74(40-52)63(79)54(66(5,6)7)37-58(75)42(3)68-11/h13-18,20-24,26,28-34,41-43,52,54-57,59,68H,12,19,25,27,35-40H2,1-11H3,(H,69,77)(H,70,78)(H,71,76)/t41-,42+,43-,52?,54-,55?,56+,57+,59-/m1/s1. The van der Waals surface area contributed by atoms with Gasteiger partial charge >= 0.3 is 0 Å². The topological polar surface area (TPSA) is 177 Å². The summed E-state index contributed by atoms with van der Waals surface area (Å²) in [6, 6.07) is 33.0. The van der Waals surface area contributed by atoms with Crippen LogP contribution in [0.5, 0.6) is 0 Å². The molecule has 0 radical (unpaired) electrons. The molecule has 430 valence electrons. The van der Waals surface area contributed by atoms with Crippen molar-refractivity contribution in [3.63, 3.8) is 0 Å². The number of aryl methyl sites for hydroxylation is 1. The maximum Gasteiger partial charge on any atom is 0.251 e. The Morgan fingerprint density at radius 2 is 1.36 bits per heavy atom. The van der Waals surface area contributed by atoms with E-state index in [0.717, 1.165) is 57.9 Å². The zero-order chi connectivity index (χ0) is 58.5. The van der Waals surface area contributed by atoms with Gasteiger partial charge in [0.15, 0.2) is 0 Å². The number of benzene rings is 5. The van der Waals surface area contributed by atoms with Gasteiger partial charge in [-0.3, -0.25) is 33.6 Å². The first kappa shape index (κ1) is 59.9. The maximum atomic E-state index is 15.7. The summed E-state index contributed by atoms with van der Waals surface area (Å²) in [7, 11) is 1.71. The molecule has 5 aromatic carbocycles. The summed E-state index contributed by atoms with van der Waals surface area (Å²) in [5, 5.41) is 14.6. The van der Waals surface area contributed by atoms with Gasteiger partial charge in [0, 0.05) is 55.9 Å². The van der Waals surface area contributed by atoms with Crippen LogP contribution >= 0.6 is 0 Å². The van der Waals surface area contributed by atoms with E-state index in [1.54, 1.807) is 35.9 Å². The van der Waals surface area contributed by atoms with Gasteiger partial charge in [-0.05, 0) is 126 Å². The van der Waals surface area contributed by atoms with Crippen molar-refractivity contribution in [2.75, 3.05) is 13.6 Å². The third-order valence-corrected chi connectivity index (χ3v) is 17.4. The number of nitrogens with zero attached hydrogens (tertiary/aromatic N) is 3. The highest BCUT2D eigenvalue weighted by Gasteiger charge is 2.47. The predicted molar refractivity (Wildman–Crippen MR) is 317 cm³/mol. The number of nitrogens with one attached hydrogen (secondary N) is 4. The number of likely N-dealkylation sites (N-methyl/N-ethyl adjacent to an activating group) is 1. The number of hydrogen-bond donors (Lipinski definition) is 4. The number of Topliss-reactive ketones (excluding diaryl/α,β-unsaturated/α-hetero) is 1. The van der Waals surface area contributed by atoms with Gasteiger partial charge in [-0.25, -0.2) is 0 Å². The van der Waals surface area contributed by atoms with Gasteiger partial charge in [-0.1, -0.05) is 152 Å². The van der Waals surface area contributed by atoms with Gasteiger partial charge in [0.25, 0.3) is 5.91 Å². The van der Waals surface area contributed by atoms with E-state index in [0.29, 0.717) is 12.0 Å². The molecule has 3 aliphatic rings. The van der Waals surface area contributed by atoms with Crippen LogP contribution in [0.25, 0.3) is 10.8 Å². The van der Waals surface area contributed by atoms with Gasteiger partial charge < -0.3 is 36.0 Å². The molecule has 1 aliphatic carbocycles. The van der Waals surface area contributed by atoms with E-state index in [4.69, 9.17) is 0 Å². The van der Waals surface area contributed by atoms with Gasteiger partial charge in [0.2, 0.25) is 29.5 Å². The lowest BCUT2D eigenvalue weighted by Gasteiger charge is -2.43. The van der Waals surface area contributed by atoms with Gasteiger partial charge in [0.1, 0.15) is 23.9 Å². The van der Waals surface area contributed by atoms with E-state index >= 15 is 9.59 Å². The van der Waals surface area contributed by atoms with Crippen molar-refractivity contribution in [2.45, 2.75) is 170 Å². The molecule has 2 aliphatic heterocycles. The minimum absolute atomic E-state index is 0.000556. The fourth-order valence-electron chi connectivity index (χ4n) is 11.8. The third-order valence-electron chi connectivity index (χ3n) is 17.4. The molecule has 6 amide bonds. The maximum absolute atomic E-state index is 15.7. The molecule has 14 nitrogen and oxygen atoms in total. The van der Waals surface area contributed by atoms with Crippen molar-refractivity contribution in [2.24, 2.45) is 22.7 Å². The van der Waals surface area contributed by atoms with Gasteiger partial charge in [-0.15, -0.1) is 0 Å². The summed E-state index contributed by atoms with van der Waals surface area (Å²) in [6.07, 6.45) is 3.68. The summed E-state index contributed by atoms with van der Waals surface area (Å²) >= 11 is 0. The molecule has 0 bridgehead atoms. The quantitative estimate of drug-likeness (QED) is 0.0671. The smallest absolute Gasteiger partial charge is 0.251 e. The van der Waals surface area contributed by atoms with Gasteiger partial charge in [-0.2, -0.15) is 0 Å². The van der Waals surface area contributed by atoms with E-state index in [1.807, 2.05) is 152 Å². The SMILES string of the molecule is CC[C@@H](C)C(=O)N[C@H](C(=O)N1Cc2ccccc2C[C@H]1C(=O)N(Cc1ccc(C(=O)NC2C[C@@H](C(=O)NC3CCCc4ccccc43)N(C(=O)[C@@H](CC(=O)[C@H](C)NC)C(C)(C)C)C2)cc1)[C@H](C)c1ccc2ccccc2c1)C(C)(C)C. The predicted octanol–water partition coefficient (Wildman–Crippen LogP) is 9.58. The van der Waals surface area contributed by atoms with Crippen molar-refractivity contribution >= 4 is 52.0 Å². The lowest BCUT2D eigenvalue weighted by Crippen LogP contribution is -2.61. The van der Waals surface area contributed by atoms with Crippen LogP contribution in [0.4, 0.5) is 0 Å². The summed E-state index contributed by atoms with van der Waals surface area (Å²) in [4.78, 5) is 107. The molecule has 14 heteroatoms. The summed E-state index contributed by atoms with van der Waals surface area (Å²) in [5.74, 6) is -2.87. The minimum Gasteiger partial charge on any atom is -0.347 e. The van der Waals surface area contributed by atoms with E-state index in [2.05, 4.69) is 39.5 Å². The highest BCUT2D eigenvalue weighted by molar-refractivity contribution is 5.97. The van der Waals surface area contributed by atoms with Crippen LogP contribution in [0.15, 0.2) is 115 Å². The number of fused-ring (bicyclic) bond motifs is 3. The van der Waals surface area contributed by atoms with Crippen LogP contribution in [-0.2, 0) is 54.7 Å². The summed E-state index contributed by atoms with van der Waals surface area (Å²) in [5.41, 5.74) is 4.92. The van der Waals surface area contributed by atoms with Crippen LogP contribution in [-0.4, -0.2) is 99.7 Å². The molecule has 5 aromatic rings. The lowest BCUT2D eigenvalue weighted by atomic mass is 9.76. The number of carbonyl (C=O) groups is 7. The molecule has 0 saturated carbocycles. The number of rotatable bonds is 18. The second kappa shape index (κ2) is 25.3. The fourth-order valence-corrected chi connectivity index (χ4v) is 11.8. The summed E-state index contributed by atoms with van der Waals surface area (Å²) in [6.45, 7) is 19.6. The van der Waals surface area contributed by atoms with E-state index in [-0.39, 0.29) is 92.1 Å². The highest BCUT2D eigenvalue weighted by atomic mass is 16.2. The Hall–Kier alpha value is -7.19. The third kappa shape index (κ3) is 13.8. The molecule has 0 aromatic heterocycles. The first-order valence-electron chi connectivity index (χ1n) is 29.2. The Morgan fingerprint density at radius 1 is 0.704 bits per heavy atom. The molecule has 2 heterocycles. The molecule has 1 fully saturated rings. The second-order valence-corrected chi connectivity index (χ2v) is 25.2. The fraction of sp³-hybridized carbons (Fsp3) is 0.478. The second-order valence-electron chi connectivity index (χ2n) is 25.2. The first-order valence-corrected chi connectivity index (χ1v) is 29.2. The Balaban J connectivity index is 1.07. The molecule has 81 heavy (non-hydrogen) atoms. The van der Waals surface area contributed by atoms with Crippen molar-refractivity contribution in [3.8, 4) is 0 Å². The molecule has 2 unspecified atom stereocenters. The molecule has 0 spiro atoms. The molecular weight excluding hydrogens is 1010 g/mol. The average Bonchev–Trinajstić information content (AvgIpc) is 3.94. The van der Waals surface area contributed by atoms with Crippen LogP contribution in [0.2, 0.25) is 0 Å². The largest absolute Gasteiger partial charge is 0.347 e. The molecular formula is C67H85N7O7. The van der Waals surface area contributed by atoms with Crippen LogP contribution < -0.4 is 21.3 Å². The van der Waals surface area contributed by atoms with Crippen LogP contribution in [0.1, 0.15) is 157 Å². The Morgan fingerprint density at radius 3 is 2.02 bits per heavy atom. The Kier molecular flexibility index (Phi) is 18.7. The first-order chi connectivity index (χ1) is 38.5. The number of ketones is 1. The summed E-state index contributed by atoms with van der Waals surface area (Å²) < 4.78 is 0. The number of likely N-dealkylation sites (tertiary alicyclic amines) is 1. The van der Waals surface area contributed by atoms with E-state index < -0.39 is 53.0 Å². The normalized spacial score (nSPS) is 19.9. The van der Waals surface area contributed by atoms with Crippen molar-refractivity contribution in [1.82, 2.24) is 36.0 Å². The molecule has 1 saturated heterocycles. The molecule has 4 N–H and O–H groups in total. The minimum atomic E-state index is -0.900. The average molecular weight is 1100 g/mol. The van der Waals surface area contributed by atoms with E-state index in [1.165, 1.54) is 5.56 Å². The Bertz CT molecular complexity index is 3120.